The van der Waals surface area contributed by atoms with Crippen LogP contribution in [0.15, 0.2) is 0 Å². The van der Waals surface area contributed by atoms with Crippen molar-refractivity contribution >= 4 is 0 Å². The molecule has 1 N–H and O–H groups in total. The normalized spacial score (nSPS) is 20.2. The van der Waals surface area contributed by atoms with E-state index in [-0.39, 0.29) is 0 Å². The van der Waals surface area contributed by atoms with Gasteiger partial charge in [-0.15, -0.1) is 0 Å². The third-order valence-electron chi connectivity index (χ3n) is 4.40. The summed E-state index contributed by atoms with van der Waals surface area (Å²) in [4.78, 5) is 0. The Balaban J connectivity index is 2.41. The molecule has 1 aliphatic rings. The lowest BCUT2D eigenvalue weighted by Crippen LogP contribution is -2.37. The van der Waals surface area contributed by atoms with Crippen molar-refractivity contribution in [2.24, 2.45) is 11.8 Å². The minimum absolute atomic E-state index is 0.781. The van der Waals surface area contributed by atoms with Crippen LogP contribution in [0.25, 0.3) is 0 Å². The predicted molar refractivity (Wildman–Crippen MR) is 72.7 cm³/mol. The summed E-state index contributed by atoms with van der Waals surface area (Å²) in [6.07, 6.45) is 11.5. The van der Waals surface area contributed by atoms with E-state index in [1.165, 1.54) is 51.4 Å². The van der Waals surface area contributed by atoms with Crippen LogP contribution in [0, 0.1) is 11.8 Å². The van der Waals surface area contributed by atoms with E-state index in [2.05, 4.69) is 26.1 Å². The fourth-order valence-electron chi connectivity index (χ4n) is 3.34. The molecule has 0 spiro atoms. The summed E-state index contributed by atoms with van der Waals surface area (Å²) in [7, 11) is 0. The Morgan fingerprint density at radius 1 is 1.00 bits per heavy atom. The first-order chi connectivity index (χ1) is 7.81. The van der Waals surface area contributed by atoms with Gasteiger partial charge in [0.1, 0.15) is 0 Å². The second kappa shape index (κ2) is 8.11. The van der Waals surface area contributed by atoms with Crippen molar-refractivity contribution in [2.75, 3.05) is 6.54 Å². The first-order valence-corrected chi connectivity index (χ1v) is 7.55. The van der Waals surface area contributed by atoms with Crippen LogP contribution in [0.4, 0.5) is 0 Å². The van der Waals surface area contributed by atoms with Gasteiger partial charge in [0.25, 0.3) is 0 Å². The molecular formula is C15H31N. The summed E-state index contributed by atoms with van der Waals surface area (Å²) < 4.78 is 0. The maximum absolute atomic E-state index is 3.73. The molecule has 0 aliphatic heterocycles. The maximum Gasteiger partial charge on any atom is 0.00976 e. The summed E-state index contributed by atoms with van der Waals surface area (Å²) in [5, 5.41) is 3.73. The summed E-state index contributed by atoms with van der Waals surface area (Å²) in [5.74, 6) is 1.90. The van der Waals surface area contributed by atoms with Gasteiger partial charge < -0.3 is 5.32 Å². The zero-order chi connectivity index (χ0) is 11.8. The number of hydrogen-bond donors (Lipinski definition) is 1. The maximum atomic E-state index is 3.73. The van der Waals surface area contributed by atoms with Gasteiger partial charge in [-0.25, -0.2) is 0 Å². The highest BCUT2D eigenvalue weighted by atomic mass is 14.9. The van der Waals surface area contributed by atoms with Gasteiger partial charge in [0.15, 0.2) is 0 Å². The van der Waals surface area contributed by atoms with E-state index in [0.717, 1.165) is 24.4 Å². The molecule has 0 heterocycles. The van der Waals surface area contributed by atoms with Crippen LogP contribution in [-0.2, 0) is 0 Å². The van der Waals surface area contributed by atoms with Crippen LogP contribution in [0.2, 0.25) is 0 Å². The zero-order valence-electron chi connectivity index (χ0n) is 11.6. The van der Waals surface area contributed by atoms with Gasteiger partial charge in [-0.05, 0) is 24.8 Å². The van der Waals surface area contributed by atoms with Crippen molar-refractivity contribution in [2.45, 2.75) is 78.2 Å². The van der Waals surface area contributed by atoms with Crippen LogP contribution in [0.5, 0.6) is 0 Å². The molecule has 1 fully saturated rings. The van der Waals surface area contributed by atoms with Crippen molar-refractivity contribution in [3.63, 3.8) is 0 Å². The van der Waals surface area contributed by atoms with Crippen LogP contribution in [0.3, 0.4) is 0 Å². The summed E-state index contributed by atoms with van der Waals surface area (Å²) in [6, 6.07) is 0.781. The largest absolute Gasteiger partial charge is 0.314 e. The third-order valence-corrected chi connectivity index (χ3v) is 4.40. The topological polar surface area (TPSA) is 12.0 Å². The molecule has 0 aromatic rings. The lowest BCUT2D eigenvalue weighted by atomic mass is 9.80. The smallest absolute Gasteiger partial charge is 0.00976 e. The molecular weight excluding hydrogens is 194 g/mol. The SMILES string of the molecule is CCNC(CC1CCCCC1)C(CC)CC. The molecule has 1 saturated carbocycles. The molecule has 1 unspecified atom stereocenters. The van der Waals surface area contributed by atoms with Crippen molar-refractivity contribution in [1.82, 2.24) is 5.32 Å². The first-order valence-electron chi connectivity index (χ1n) is 7.55. The van der Waals surface area contributed by atoms with Gasteiger partial charge in [0, 0.05) is 6.04 Å². The first kappa shape index (κ1) is 14.0. The Labute approximate surface area is 102 Å². The highest BCUT2D eigenvalue weighted by molar-refractivity contribution is 4.79. The van der Waals surface area contributed by atoms with Gasteiger partial charge in [-0.2, -0.15) is 0 Å². The molecule has 1 nitrogen and oxygen atoms in total. The molecule has 0 bridgehead atoms. The second-order valence-electron chi connectivity index (χ2n) is 5.48. The van der Waals surface area contributed by atoms with E-state index in [1.54, 1.807) is 0 Å². The van der Waals surface area contributed by atoms with E-state index in [4.69, 9.17) is 0 Å². The number of nitrogens with one attached hydrogen (secondary N) is 1. The minimum atomic E-state index is 0.781. The van der Waals surface area contributed by atoms with Crippen molar-refractivity contribution in [3.05, 3.63) is 0 Å². The second-order valence-corrected chi connectivity index (χ2v) is 5.48. The molecule has 0 radical (unpaired) electrons. The Hall–Kier alpha value is -0.0400. The number of rotatable bonds is 7. The standard InChI is InChI=1S/C15H31N/c1-4-14(5-2)15(16-6-3)12-13-10-8-7-9-11-13/h13-16H,4-12H2,1-3H3. The van der Waals surface area contributed by atoms with E-state index in [1.807, 2.05) is 0 Å². The molecule has 0 amide bonds. The third kappa shape index (κ3) is 4.45. The van der Waals surface area contributed by atoms with Gasteiger partial charge in [-0.3, -0.25) is 0 Å². The fourth-order valence-corrected chi connectivity index (χ4v) is 3.34. The average molecular weight is 225 g/mol. The van der Waals surface area contributed by atoms with E-state index in [9.17, 15) is 0 Å². The lowest BCUT2D eigenvalue weighted by Gasteiger charge is -2.31. The Morgan fingerprint density at radius 3 is 2.12 bits per heavy atom. The molecule has 1 aliphatic carbocycles. The number of hydrogen-bond acceptors (Lipinski definition) is 1. The van der Waals surface area contributed by atoms with Gasteiger partial charge >= 0.3 is 0 Å². The molecule has 1 rings (SSSR count). The highest BCUT2D eigenvalue weighted by Crippen LogP contribution is 2.30. The van der Waals surface area contributed by atoms with Crippen LogP contribution in [-0.4, -0.2) is 12.6 Å². The molecule has 1 atom stereocenters. The van der Waals surface area contributed by atoms with E-state index >= 15 is 0 Å². The monoisotopic (exact) mass is 225 g/mol. The molecule has 0 saturated heterocycles. The van der Waals surface area contributed by atoms with Crippen molar-refractivity contribution < 1.29 is 0 Å². The molecule has 0 aromatic carbocycles. The molecule has 0 aromatic heterocycles. The van der Waals surface area contributed by atoms with Gasteiger partial charge in [-0.1, -0.05) is 65.7 Å². The zero-order valence-corrected chi connectivity index (χ0v) is 11.6. The lowest BCUT2D eigenvalue weighted by molar-refractivity contribution is 0.243. The fraction of sp³-hybridized carbons (Fsp3) is 1.00. The summed E-state index contributed by atoms with van der Waals surface area (Å²) in [6.45, 7) is 8.07. The minimum Gasteiger partial charge on any atom is -0.314 e. The molecule has 96 valence electrons. The molecule has 16 heavy (non-hydrogen) atoms. The predicted octanol–water partition coefficient (Wildman–Crippen LogP) is 4.37. The molecule has 1 heteroatoms. The summed E-state index contributed by atoms with van der Waals surface area (Å²) >= 11 is 0. The van der Waals surface area contributed by atoms with E-state index < -0.39 is 0 Å². The van der Waals surface area contributed by atoms with Gasteiger partial charge in [0.05, 0.1) is 0 Å². The van der Waals surface area contributed by atoms with E-state index in [0.29, 0.717) is 0 Å². The van der Waals surface area contributed by atoms with Crippen molar-refractivity contribution in [1.29, 1.82) is 0 Å². The van der Waals surface area contributed by atoms with Crippen molar-refractivity contribution in [3.8, 4) is 0 Å². The summed E-state index contributed by atoms with van der Waals surface area (Å²) in [5.41, 5.74) is 0. The van der Waals surface area contributed by atoms with Crippen LogP contribution >= 0.6 is 0 Å². The Kier molecular flexibility index (Phi) is 7.11. The Morgan fingerprint density at radius 2 is 1.62 bits per heavy atom. The van der Waals surface area contributed by atoms with Crippen LogP contribution in [0.1, 0.15) is 72.1 Å². The highest BCUT2D eigenvalue weighted by Gasteiger charge is 2.23. The van der Waals surface area contributed by atoms with Crippen LogP contribution < -0.4 is 5.32 Å². The van der Waals surface area contributed by atoms with Gasteiger partial charge in [0.2, 0.25) is 0 Å². The quantitative estimate of drug-likeness (QED) is 0.678. The Bertz CT molecular complexity index is 157. The average Bonchev–Trinajstić information content (AvgIpc) is 2.32.